The molecule has 1 aliphatic heterocycles. The second-order valence-corrected chi connectivity index (χ2v) is 5.21. The average Bonchev–Trinajstić information content (AvgIpc) is 2.65. The van der Waals surface area contributed by atoms with Gasteiger partial charge in [0, 0.05) is 5.69 Å². The molecule has 0 saturated heterocycles. The first-order valence-corrected chi connectivity index (χ1v) is 7.38. The Labute approximate surface area is 144 Å². The first-order valence-electron chi connectivity index (χ1n) is 7.38. The van der Waals surface area contributed by atoms with E-state index in [4.69, 9.17) is 18.9 Å². The molecule has 0 amide bonds. The maximum Gasteiger partial charge on any atom is 0.355 e. The number of methoxy groups -OCH3 is 3. The number of hydrogen-bond donors (Lipinski definition) is 0. The molecule has 1 aliphatic rings. The number of ether oxygens (including phenoxy) is 4. The Morgan fingerprint density at radius 1 is 1.00 bits per heavy atom. The normalized spacial score (nSPS) is 14.2. The number of nitrogens with zero attached hydrogens (tertiary/aromatic N) is 1. The van der Waals surface area contributed by atoms with E-state index in [9.17, 15) is 14.4 Å². The van der Waals surface area contributed by atoms with Gasteiger partial charge in [0.1, 0.15) is 12.4 Å². The number of esters is 3. The molecule has 1 heterocycles. The van der Waals surface area contributed by atoms with Crippen molar-refractivity contribution in [2.45, 2.75) is 6.92 Å². The lowest BCUT2D eigenvalue weighted by atomic mass is 10.1. The van der Waals surface area contributed by atoms with Gasteiger partial charge in [-0.3, -0.25) is 0 Å². The summed E-state index contributed by atoms with van der Waals surface area (Å²) in [4.78, 5) is 37.4. The minimum Gasteiger partial charge on any atom is -0.466 e. The molecule has 0 atom stereocenters. The topological polar surface area (TPSA) is 91.4 Å². The Morgan fingerprint density at radius 2 is 1.64 bits per heavy atom. The van der Waals surface area contributed by atoms with Gasteiger partial charge in [0.25, 0.3) is 0 Å². The molecule has 0 aliphatic carbocycles. The molecule has 0 N–H and O–H groups in total. The van der Waals surface area contributed by atoms with Crippen molar-refractivity contribution in [1.82, 2.24) is 0 Å². The predicted octanol–water partition coefficient (Wildman–Crippen LogP) is 1.18. The van der Waals surface area contributed by atoms with Crippen LogP contribution < -0.4 is 4.90 Å². The minimum absolute atomic E-state index is 0.0450. The summed E-state index contributed by atoms with van der Waals surface area (Å²) < 4.78 is 19.6. The lowest BCUT2D eigenvalue weighted by molar-refractivity contribution is -0.140. The molecule has 134 valence electrons. The number of benzene rings is 1. The molecular weight excluding hydrogens is 330 g/mol. The Kier molecular flexibility index (Phi) is 5.76. The number of aryl methyl sites for hydroxylation is 1. The molecular formula is C17H19NO7. The Morgan fingerprint density at radius 3 is 2.20 bits per heavy atom. The highest BCUT2D eigenvalue weighted by atomic mass is 16.5. The van der Waals surface area contributed by atoms with Crippen LogP contribution in [0.1, 0.15) is 15.9 Å². The van der Waals surface area contributed by atoms with Crippen LogP contribution in [0.2, 0.25) is 0 Å². The van der Waals surface area contributed by atoms with Crippen molar-refractivity contribution in [2.75, 3.05) is 39.6 Å². The summed E-state index contributed by atoms with van der Waals surface area (Å²) in [5, 5.41) is 0. The fourth-order valence-corrected chi connectivity index (χ4v) is 2.54. The predicted molar refractivity (Wildman–Crippen MR) is 86.9 cm³/mol. The summed E-state index contributed by atoms with van der Waals surface area (Å²) in [5.74, 6) is -1.82. The molecule has 0 radical (unpaired) electrons. The highest BCUT2D eigenvalue weighted by Gasteiger charge is 2.33. The van der Waals surface area contributed by atoms with Crippen molar-refractivity contribution in [3.8, 4) is 0 Å². The second-order valence-electron chi connectivity index (χ2n) is 5.21. The molecule has 1 aromatic carbocycles. The van der Waals surface area contributed by atoms with Gasteiger partial charge in [0.15, 0.2) is 0 Å². The van der Waals surface area contributed by atoms with Gasteiger partial charge in [0.2, 0.25) is 0 Å². The van der Waals surface area contributed by atoms with Crippen molar-refractivity contribution >= 4 is 23.6 Å². The van der Waals surface area contributed by atoms with E-state index in [1.165, 1.54) is 26.2 Å². The molecule has 1 aromatic rings. The zero-order chi connectivity index (χ0) is 18.6. The first-order chi connectivity index (χ1) is 11.9. The van der Waals surface area contributed by atoms with Crippen LogP contribution in [0.3, 0.4) is 0 Å². The molecule has 25 heavy (non-hydrogen) atoms. The summed E-state index contributed by atoms with van der Waals surface area (Å²) in [7, 11) is 3.75. The van der Waals surface area contributed by atoms with Gasteiger partial charge < -0.3 is 23.8 Å². The van der Waals surface area contributed by atoms with Crippen LogP contribution in [0, 0.1) is 6.92 Å². The van der Waals surface area contributed by atoms with E-state index in [-0.39, 0.29) is 24.6 Å². The third-order valence-electron chi connectivity index (χ3n) is 3.74. The molecule has 0 unspecified atom stereocenters. The smallest absolute Gasteiger partial charge is 0.355 e. The third-order valence-corrected chi connectivity index (χ3v) is 3.74. The fraction of sp³-hybridized carbons (Fsp3) is 0.353. The molecule has 0 bridgehead atoms. The number of anilines is 1. The molecule has 2 rings (SSSR count). The number of carbonyl (C=O) groups is 3. The molecule has 0 fully saturated rings. The summed E-state index contributed by atoms with van der Waals surface area (Å²) >= 11 is 0. The van der Waals surface area contributed by atoms with Crippen molar-refractivity contribution in [3.63, 3.8) is 0 Å². The number of carbonyl (C=O) groups excluding carboxylic acids is 3. The van der Waals surface area contributed by atoms with Gasteiger partial charge in [-0.25, -0.2) is 14.4 Å². The Hall–Kier alpha value is -2.87. The SMILES string of the molecule is COC(=O)C1=C(C(=O)OC)N(c2ccc(C(=O)OC)cc2C)COC1. The van der Waals surface area contributed by atoms with Crippen LogP contribution in [-0.2, 0) is 28.5 Å². The van der Waals surface area contributed by atoms with Crippen LogP contribution in [0.15, 0.2) is 29.5 Å². The molecule has 0 spiro atoms. The maximum atomic E-state index is 12.3. The minimum atomic E-state index is -0.680. The highest BCUT2D eigenvalue weighted by molar-refractivity contribution is 6.03. The lowest BCUT2D eigenvalue weighted by Gasteiger charge is -2.32. The standard InChI is InChI=1S/C17H19NO7/c1-10-7-11(15(19)22-2)5-6-13(10)18-9-25-8-12(16(20)23-3)14(18)17(21)24-4/h5-7H,8-9H2,1-4H3. The van der Waals surface area contributed by atoms with Gasteiger partial charge in [0.05, 0.1) is 39.1 Å². The van der Waals surface area contributed by atoms with E-state index >= 15 is 0 Å². The van der Waals surface area contributed by atoms with Crippen LogP contribution in [0.5, 0.6) is 0 Å². The molecule has 8 heteroatoms. The van der Waals surface area contributed by atoms with E-state index in [0.29, 0.717) is 16.8 Å². The van der Waals surface area contributed by atoms with E-state index in [1.54, 1.807) is 25.1 Å². The maximum absolute atomic E-state index is 12.3. The van der Waals surface area contributed by atoms with E-state index in [0.717, 1.165) is 0 Å². The second kappa shape index (κ2) is 7.80. The van der Waals surface area contributed by atoms with Gasteiger partial charge >= 0.3 is 17.9 Å². The van der Waals surface area contributed by atoms with Crippen molar-refractivity contribution in [3.05, 3.63) is 40.6 Å². The summed E-state index contributed by atoms with van der Waals surface area (Å²) in [6, 6.07) is 4.84. The zero-order valence-corrected chi connectivity index (χ0v) is 14.5. The average molecular weight is 349 g/mol. The highest BCUT2D eigenvalue weighted by Crippen LogP contribution is 2.30. The van der Waals surface area contributed by atoms with E-state index in [1.807, 2.05) is 0 Å². The Balaban J connectivity index is 2.54. The summed E-state index contributed by atoms with van der Waals surface area (Å²) in [6.07, 6.45) is 0. The monoisotopic (exact) mass is 349 g/mol. The largest absolute Gasteiger partial charge is 0.466 e. The quantitative estimate of drug-likeness (QED) is 0.591. The van der Waals surface area contributed by atoms with Crippen molar-refractivity contribution in [1.29, 1.82) is 0 Å². The van der Waals surface area contributed by atoms with Gasteiger partial charge in [-0.05, 0) is 30.7 Å². The molecule has 8 nitrogen and oxygen atoms in total. The summed E-state index contributed by atoms with van der Waals surface area (Å²) in [6.45, 7) is 1.75. The fourth-order valence-electron chi connectivity index (χ4n) is 2.54. The van der Waals surface area contributed by atoms with Crippen LogP contribution in [0.25, 0.3) is 0 Å². The van der Waals surface area contributed by atoms with Gasteiger partial charge in [-0.15, -0.1) is 0 Å². The zero-order valence-electron chi connectivity index (χ0n) is 14.5. The van der Waals surface area contributed by atoms with Gasteiger partial charge in [-0.1, -0.05) is 0 Å². The van der Waals surface area contributed by atoms with E-state index in [2.05, 4.69) is 0 Å². The van der Waals surface area contributed by atoms with Crippen LogP contribution >= 0.6 is 0 Å². The van der Waals surface area contributed by atoms with Gasteiger partial charge in [-0.2, -0.15) is 0 Å². The first kappa shape index (κ1) is 18.5. The number of hydrogen-bond acceptors (Lipinski definition) is 8. The van der Waals surface area contributed by atoms with E-state index < -0.39 is 17.9 Å². The van der Waals surface area contributed by atoms with Crippen LogP contribution in [-0.4, -0.2) is 52.6 Å². The van der Waals surface area contributed by atoms with Crippen molar-refractivity contribution in [2.24, 2.45) is 0 Å². The van der Waals surface area contributed by atoms with Crippen LogP contribution in [0.4, 0.5) is 5.69 Å². The molecule has 0 aromatic heterocycles. The lowest BCUT2D eigenvalue weighted by Crippen LogP contribution is -2.39. The third kappa shape index (κ3) is 3.63. The summed E-state index contributed by atoms with van der Waals surface area (Å²) in [5.41, 5.74) is 1.78. The number of rotatable bonds is 4. The molecule has 0 saturated carbocycles. The Bertz CT molecular complexity index is 739. The van der Waals surface area contributed by atoms with Crippen molar-refractivity contribution < 1.29 is 33.3 Å².